The molecule has 0 nitrogen and oxygen atoms in total. The summed E-state index contributed by atoms with van der Waals surface area (Å²) >= 11 is 0. The molecular weight excluding hydrogens is 96.1 g/mol. The zero-order valence-electron chi connectivity index (χ0n) is 5.70. The summed E-state index contributed by atoms with van der Waals surface area (Å²) in [6, 6.07) is 0. The van der Waals surface area contributed by atoms with Crippen LogP contribution in [0.2, 0.25) is 0 Å². The van der Waals surface area contributed by atoms with Gasteiger partial charge in [0.25, 0.3) is 0 Å². The van der Waals surface area contributed by atoms with Crippen molar-refractivity contribution in [2.24, 2.45) is 5.41 Å². The lowest BCUT2D eigenvalue weighted by molar-refractivity contribution is 0.441. The predicted molar refractivity (Wildman–Crippen MR) is 37.2 cm³/mol. The van der Waals surface area contributed by atoms with Gasteiger partial charge in [0.1, 0.15) is 0 Å². The van der Waals surface area contributed by atoms with Crippen LogP contribution in [0.4, 0.5) is 0 Å². The van der Waals surface area contributed by atoms with Crippen molar-refractivity contribution in [2.75, 3.05) is 0 Å². The van der Waals surface area contributed by atoms with Gasteiger partial charge in [0.2, 0.25) is 0 Å². The summed E-state index contributed by atoms with van der Waals surface area (Å²) < 4.78 is 0. The van der Waals surface area contributed by atoms with Crippen LogP contribution in [0.25, 0.3) is 0 Å². The fourth-order valence-corrected chi connectivity index (χ4v) is 0.411. The van der Waals surface area contributed by atoms with Gasteiger partial charge in [-0.1, -0.05) is 13.8 Å². The molecule has 0 aliphatic rings. The van der Waals surface area contributed by atoms with E-state index < -0.39 is 0 Å². The SMILES string of the molecule is C#CCCC([CH2])(C)C. The molecule has 0 aliphatic carbocycles. The van der Waals surface area contributed by atoms with Gasteiger partial charge in [-0.05, 0) is 18.8 Å². The molecule has 0 aromatic carbocycles. The Bertz CT molecular complexity index is 87.6. The third-order valence-electron chi connectivity index (χ3n) is 0.946. The Morgan fingerprint density at radius 1 is 1.62 bits per heavy atom. The molecule has 0 atom stereocenters. The maximum Gasteiger partial charge on any atom is 0.00911 e. The summed E-state index contributed by atoms with van der Waals surface area (Å²) in [5.74, 6) is 2.58. The minimum Gasteiger partial charge on any atom is -0.120 e. The Kier molecular flexibility index (Phi) is 2.62. The molecule has 0 N–H and O–H groups in total. The quantitative estimate of drug-likeness (QED) is 0.477. The molecule has 0 unspecified atom stereocenters. The molecule has 0 aliphatic heterocycles. The maximum atomic E-state index is 5.06. The van der Waals surface area contributed by atoms with E-state index in [2.05, 4.69) is 26.7 Å². The number of hydrogen-bond acceptors (Lipinski definition) is 0. The molecular formula is C8H13. The molecule has 0 fully saturated rings. The van der Waals surface area contributed by atoms with Gasteiger partial charge in [-0.3, -0.25) is 0 Å². The van der Waals surface area contributed by atoms with Crippen LogP contribution in [0.5, 0.6) is 0 Å². The highest BCUT2D eigenvalue weighted by Crippen LogP contribution is 2.18. The van der Waals surface area contributed by atoms with Crippen LogP contribution in [0, 0.1) is 24.7 Å². The smallest absolute Gasteiger partial charge is 0.00911 e. The molecule has 0 rings (SSSR count). The third kappa shape index (κ3) is 5.56. The lowest BCUT2D eigenvalue weighted by Crippen LogP contribution is -2.03. The van der Waals surface area contributed by atoms with Crippen LogP contribution in [-0.2, 0) is 0 Å². The largest absolute Gasteiger partial charge is 0.120 e. The van der Waals surface area contributed by atoms with Gasteiger partial charge in [0.15, 0.2) is 0 Å². The molecule has 0 saturated carbocycles. The van der Waals surface area contributed by atoms with E-state index in [9.17, 15) is 0 Å². The zero-order valence-corrected chi connectivity index (χ0v) is 5.70. The normalized spacial score (nSPS) is 10.8. The Balaban J connectivity index is 3.28. The van der Waals surface area contributed by atoms with Gasteiger partial charge in [-0.25, -0.2) is 0 Å². The van der Waals surface area contributed by atoms with Crippen LogP contribution in [-0.4, -0.2) is 0 Å². The van der Waals surface area contributed by atoms with Crippen LogP contribution in [0.15, 0.2) is 0 Å². The summed E-state index contributed by atoms with van der Waals surface area (Å²) in [6.07, 6.45) is 6.92. The Morgan fingerprint density at radius 3 is 2.25 bits per heavy atom. The monoisotopic (exact) mass is 109 g/mol. The molecule has 0 heteroatoms. The number of hydrogen-bond donors (Lipinski definition) is 0. The summed E-state index contributed by atoms with van der Waals surface area (Å²) in [4.78, 5) is 0. The van der Waals surface area contributed by atoms with Gasteiger partial charge in [0, 0.05) is 6.42 Å². The molecule has 0 heterocycles. The highest BCUT2D eigenvalue weighted by molar-refractivity contribution is 4.86. The van der Waals surface area contributed by atoms with E-state index in [1.807, 2.05) is 0 Å². The first-order chi connectivity index (χ1) is 3.56. The summed E-state index contributed by atoms with van der Waals surface area (Å²) in [5, 5.41) is 0. The van der Waals surface area contributed by atoms with Crippen molar-refractivity contribution in [2.45, 2.75) is 26.7 Å². The maximum absolute atomic E-state index is 5.06. The second-order valence-electron chi connectivity index (χ2n) is 2.87. The highest BCUT2D eigenvalue weighted by atomic mass is 14.1. The fraction of sp³-hybridized carbons (Fsp3) is 0.625. The van der Waals surface area contributed by atoms with Crippen molar-refractivity contribution in [3.63, 3.8) is 0 Å². The summed E-state index contributed by atoms with van der Waals surface area (Å²) in [5.41, 5.74) is 0.159. The van der Waals surface area contributed by atoms with Crippen LogP contribution < -0.4 is 0 Å². The van der Waals surface area contributed by atoms with Crippen LogP contribution in [0.1, 0.15) is 26.7 Å². The first kappa shape index (κ1) is 7.56. The average Bonchev–Trinajstić information content (AvgIpc) is 1.59. The minimum absolute atomic E-state index is 0.159. The van der Waals surface area contributed by atoms with Crippen LogP contribution in [0.3, 0.4) is 0 Å². The highest BCUT2D eigenvalue weighted by Gasteiger charge is 2.07. The topological polar surface area (TPSA) is 0 Å². The lowest BCUT2D eigenvalue weighted by atomic mass is 9.91. The lowest BCUT2D eigenvalue weighted by Gasteiger charge is -2.14. The molecule has 0 amide bonds. The van der Waals surface area contributed by atoms with Gasteiger partial charge < -0.3 is 0 Å². The van der Waals surface area contributed by atoms with Crippen molar-refractivity contribution in [1.82, 2.24) is 0 Å². The predicted octanol–water partition coefficient (Wildman–Crippen LogP) is 2.26. The Morgan fingerprint density at radius 2 is 2.12 bits per heavy atom. The molecule has 0 spiro atoms. The third-order valence-corrected chi connectivity index (χ3v) is 0.946. The molecule has 1 radical (unpaired) electrons. The second kappa shape index (κ2) is 2.77. The van der Waals surface area contributed by atoms with Crippen LogP contribution >= 0.6 is 0 Å². The standard InChI is InChI=1S/C8H13/c1-5-6-7-8(2,3)4/h1H,2,6-7H2,3-4H3. The fourth-order valence-electron chi connectivity index (χ4n) is 0.411. The van der Waals surface area contributed by atoms with Crippen molar-refractivity contribution in [1.29, 1.82) is 0 Å². The van der Waals surface area contributed by atoms with Crippen molar-refractivity contribution >= 4 is 0 Å². The van der Waals surface area contributed by atoms with Crippen molar-refractivity contribution < 1.29 is 0 Å². The van der Waals surface area contributed by atoms with Gasteiger partial charge >= 0.3 is 0 Å². The van der Waals surface area contributed by atoms with E-state index in [1.54, 1.807) is 0 Å². The molecule has 0 aromatic rings. The molecule has 8 heavy (non-hydrogen) atoms. The van der Waals surface area contributed by atoms with Gasteiger partial charge in [-0.15, -0.1) is 12.3 Å². The minimum atomic E-state index is 0.159. The first-order valence-electron chi connectivity index (χ1n) is 2.85. The number of terminal acetylenes is 1. The van der Waals surface area contributed by atoms with E-state index in [0.29, 0.717) is 0 Å². The molecule has 0 aromatic heterocycles. The van der Waals surface area contributed by atoms with Crippen molar-refractivity contribution in [3.8, 4) is 12.3 Å². The van der Waals surface area contributed by atoms with E-state index in [4.69, 9.17) is 6.42 Å². The van der Waals surface area contributed by atoms with Gasteiger partial charge in [0.05, 0.1) is 0 Å². The van der Waals surface area contributed by atoms with E-state index >= 15 is 0 Å². The van der Waals surface area contributed by atoms with E-state index in [0.717, 1.165) is 12.8 Å². The Hall–Kier alpha value is -0.440. The molecule has 0 saturated heterocycles. The van der Waals surface area contributed by atoms with Crippen molar-refractivity contribution in [3.05, 3.63) is 6.92 Å². The number of rotatable bonds is 2. The Labute approximate surface area is 52.3 Å². The van der Waals surface area contributed by atoms with E-state index in [1.165, 1.54) is 0 Å². The average molecular weight is 109 g/mol. The summed E-state index contributed by atoms with van der Waals surface area (Å²) in [7, 11) is 0. The summed E-state index contributed by atoms with van der Waals surface area (Å²) in [6.45, 7) is 8.09. The van der Waals surface area contributed by atoms with Gasteiger partial charge in [-0.2, -0.15) is 0 Å². The zero-order chi connectivity index (χ0) is 6.62. The molecule has 0 bridgehead atoms. The van der Waals surface area contributed by atoms with E-state index in [-0.39, 0.29) is 5.41 Å². The first-order valence-corrected chi connectivity index (χ1v) is 2.85. The second-order valence-corrected chi connectivity index (χ2v) is 2.87. The molecule has 45 valence electrons.